The number of carboxylic acid groups (broad SMARTS) is 1. The molecule has 0 saturated carbocycles. The van der Waals surface area contributed by atoms with Crippen LogP contribution in [0.1, 0.15) is 25.8 Å². The van der Waals surface area contributed by atoms with Crippen molar-refractivity contribution in [3.05, 3.63) is 35.9 Å². The number of benzene rings is 1. The van der Waals surface area contributed by atoms with Gasteiger partial charge in [-0.2, -0.15) is 0 Å². The first-order valence-electron chi connectivity index (χ1n) is 6.07. The number of nitrogen functional groups attached to an aromatic ring is 1. The second kappa shape index (κ2) is 4.72. The number of nitrogens with two attached hydrogens (primary N) is 1. The molecule has 3 N–H and O–H groups in total. The quantitative estimate of drug-likeness (QED) is 0.749. The summed E-state index contributed by atoms with van der Waals surface area (Å²) in [6, 6.07) is 7.60. The molecule has 1 aromatic carbocycles. The summed E-state index contributed by atoms with van der Waals surface area (Å²) in [4.78, 5) is 12.6. The van der Waals surface area contributed by atoms with Crippen LogP contribution in [0.3, 0.4) is 0 Å². The van der Waals surface area contributed by atoms with E-state index in [2.05, 4.69) is 0 Å². The Labute approximate surface area is 107 Å². The fraction of sp³-hybridized carbons (Fsp3) is 0.357. The smallest absolute Gasteiger partial charge is 0.408 e. The maximum atomic E-state index is 11.1. The second-order valence-corrected chi connectivity index (χ2v) is 4.80. The summed E-state index contributed by atoms with van der Waals surface area (Å²) in [5.74, 6) is 0. The van der Waals surface area contributed by atoms with Gasteiger partial charge in [-0.1, -0.05) is 18.2 Å². The van der Waals surface area contributed by atoms with Gasteiger partial charge >= 0.3 is 6.09 Å². The van der Waals surface area contributed by atoms with Crippen LogP contribution in [-0.4, -0.2) is 28.2 Å². The molecule has 1 aliphatic heterocycles. The van der Waals surface area contributed by atoms with Crippen molar-refractivity contribution >= 4 is 17.4 Å². The molecule has 0 saturated heterocycles. The van der Waals surface area contributed by atoms with Crippen LogP contribution >= 0.6 is 0 Å². The zero-order valence-corrected chi connectivity index (χ0v) is 10.6. The minimum absolute atomic E-state index is 0.00458. The summed E-state index contributed by atoms with van der Waals surface area (Å²) in [6.45, 7) is 3.84. The summed E-state index contributed by atoms with van der Waals surface area (Å²) in [7, 11) is 0. The van der Waals surface area contributed by atoms with Gasteiger partial charge in [-0.3, -0.25) is 4.90 Å². The average Bonchev–Trinajstić information content (AvgIpc) is 2.28. The lowest BCUT2D eigenvalue weighted by Crippen LogP contribution is -2.45. The Hall–Kier alpha value is -1.97. The van der Waals surface area contributed by atoms with Gasteiger partial charge in [0.25, 0.3) is 0 Å². The van der Waals surface area contributed by atoms with E-state index in [4.69, 9.17) is 10.8 Å². The normalized spacial score (nSPS) is 23.7. The topological polar surface area (TPSA) is 66.6 Å². The van der Waals surface area contributed by atoms with E-state index in [1.807, 2.05) is 44.2 Å². The molecule has 4 heteroatoms. The lowest BCUT2D eigenvalue weighted by molar-refractivity contribution is 0.116. The first-order valence-corrected chi connectivity index (χ1v) is 6.07. The molecule has 1 aromatic rings. The van der Waals surface area contributed by atoms with E-state index < -0.39 is 6.09 Å². The number of carbonyl (C=O) groups is 1. The van der Waals surface area contributed by atoms with Gasteiger partial charge in [-0.05, 0) is 43.5 Å². The third-order valence-corrected chi connectivity index (χ3v) is 3.37. The highest BCUT2D eigenvalue weighted by atomic mass is 16.4. The molecule has 2 rings (SSSR count). The zero-order valence-electron chi connectivity index (χ0n) is 10.6. The Kier molecular flexibility index (Phi) is 3.28. The highest BCUT2D eigenvalue weighted by molar-refractivity contribution is 5.73. The third kappa shape index (κ3) is 2.32. The molecule has 1 amide bonds. The van der Waals surface area contributed by atoms with Crippen LogP contribution < -0.4 is 5.73 Å². The van der Waals surface area contributed by atoms with Gasteiger partial charge in [-0.15, -0.1) is 0 Å². The number of hydrogen-bond acceptors (Lipinski definition) is 2. The van der Waals surface area contributed by atoms with Crippen LogP contribution in [0.5, 0.6) is 0 Å². The lowest BCUT2D eigenvalue weighted by Gasteiger charge is -2.36. The third-order valence-electron chi connectivity index (χ3n) is 3.37. The largest absolute Gasteiger partial charge is 0.465 e. The molecule has 0 fully saturated rings. The molecular formula is C14H18N2O2. The number of nitrogens with zero attached hydrogens (tertiary/aromatic N) is 1. The van der Waals surface area contributed by atoms with E-state index in [9.17, 15) is 4.79 Å². The van der Waals surface area contributed by atoms with Crippen LogP contribution in [0.15, 0.2) is 30.3 Å². The molecule has 0 radical (unpaired) electrons. The first kappa shape index (κ1) is 12.5. The van der Waals surface area contributed by atoms with E-state index in [0.29, 0.717) is 0 Å². The van der Waals surface area contributed by atoms with Crippen molar-refractivity contribution in [1.29, 1.82) is 0 Å². The predicted octanol–water partition coefficient (Wildman–Crippen LogP) is 2.81. The van der Waals surface area contributed by atoms with Crippen LogP contribution in [0.4, 0.5) is 10.5 Å². The van der Waals surface area contributed by atoms with Crippen LogP contribution in [0, 0.1) is 0 Å². The van der Waals surface area contributed by atoms with E-state index in [1.54, 1.807) is 0 Å². The average molecular weight is 246 g/mol. The SMILES string of the molecule is CC1C=C(c2ccc(N)cc2)CC(C)N1C(=O)O. The second-order valence-electron chi connectivity index (χ2n) is 4.80. The number of hydrogen-bond donors (Lipinski definition) is 2. The van der Waals surface area contributed by atoms with Crippen molar-refractivity contribution in [3.8, 4) is 0 Å². The maximum Gasteiger partial charge on any atom is 0.408 e. The lowest BCUT2D eigenvalue weighted by atomic mass is 9.92. The Bertz CT molecular complexity index is 479. The van der Waals surface area contributed by atoms with Gasteiger partial charge in [0.05, 0.1) is 6.04 Å². The van der Waals surface area contributed by atoms with Gasteiger partial charge in [0.2, 0.25) is 0 Å². The highest BCUT2D eigenvalue weighted by Gasteiger charge is 2.29. The number of rotatable bonds is 1. The summed E-state index contributed by atoms with van der Waals surface area (Å²) in [5, 5.41) is 9.15. The Balaban J connectivity index is 2.29. The maximum absolute atomic E-state index is 11.1. The Morgan fingerprint density at radius 2 is 1.94 bits per heavy atom. The van der Waals surface area contributed by atoms with Gasteiger partial charge in [0.15, 0.2) is 0 Å². The van der Waals surface area contributed by atoms with Crippen molar-refractivity contribution in [2.75, 3.05) is 5.73 Å². The standard InChI is InChI=1S/C14H18N2O2/c1-9-7-12(8-10(2)16(9)14(17)18)11-3-5-13(15)6-4-11/h3-7,9-10H,8,15H2,1-2H3,(H,17,18). The molecule has 1 heterocycles. The van der Waals surface area contributed by atoms with Crippen LogP contribution in [0.25, 0.3) is 5.57 Å². The van der Waals surface area contributed by atoms with Gasteiger partial charge in [0.1, 0.15) is 0 Å². The molecule has 18 heavy (non-hydrogen) atoms. The molecule has 0 aromatic heterocycles. The molecule has 4 nitrogen and oxygen atoms in total. The van der Waals surface area contributed by atoms with Crippen molar-refractivity contribution in [2.45, 2.75) is 32.4 Å². The first-order chi connectivity index (χ1) is 8.49. The minimum atomic E-state index is -0.859. The summed E-state index contributed by atoms with van der Waals surface area (Å²) in [5.41, 5.74) is 8.71. The molecule has 1 aliphatic rings. The van der Waals surface area contributed by atoms with Crippen molar-refractivity contribution < 1.29 is 9.90 Å². The zero-order chi connectivity index (χ0) is 13.3. The number of anilines is 1. The predicted molar refractivity (Wildman–Crippen MR) is 72.2 cm³/mol. The van der Waals surface area contributed by atoms with Gasteiger partial charge in [0, 0.05) is 11.7 Å². The van der Waals surface area contributed by atoms with E-state index in [-0.39, 0.29) is 12.1 Å². The molecule has 0 bridgehead atoms. The minimum Gasteiger partial charge on any atom is -0.465 e. The Morgan fingerprint density at radius 3 is 2.44 bits per heavy atom. The summed E-state index contributed by atoms with van der Waals surface area (Å²) < 4.78 is 0. The van der Waals surface area contributed by atoms with Crippen LogP contribution in [-0.2, 0) is 0 Å². The van der Waals surface area contributed by atoms with Crippen LogP contribution in [0.2, 0.25) is 0 Å². The van der Waals surface area contributed by atoms with Crippen molar-refractivity contribution in [1.82, 2.24) is 4.90 Å². The van der Waals surface area contributed by atoms with E-state index >= 15 is 0 Å². The number of amides is 1. The summed E-state index contributed by atoms with van der Waals surface area (Å²) in [6.07, 6.45) is 1.89. The van der Waals surface area contributed by atoms with E-state index in [0.717, 1.165) is 17.7 Å². The fourth-order valence-corrected chi connectivity index (χ4v) is 2.53. The Morgan fingerprint density at radius 1 is 1.33 bits per heavy atom. The monoisotopic (exact) mass is 246 g/mol. The molecule has 96 valence electrons. The fourth-order valence-electron chi connectivity index (χ4n) is 2.53. The summed E-state index contributed by atoms with van der Waals surface area (Å²) >= 11 is 0. The van der Waals surface area contributed by atoms with E-state index in [1.165, 1.54) is 10.5 Å². The molecular weight excluding hydrogens is 228 g/mol. The highest BCUT2D eigenvalue weighted by Crippen LogP contribution is 2.29. The molecule has 2 unspecified atom stereocenters. The molecule has 0 aliphatic carbocycles. The molecule has 0 spiro atoms. The van der Waals surface area contributed by atoms with Gasteiger partial charge in [-0.25, -0.2) is 4.79 Å². The van der Waals surface area contributed by atoms with Crippen molar-refractivity contribution in [3.63, 3.8) is 0 Å². The molecule has 2 atom stereocenters. The van der Waals surface area contributed by atoms with Crippen molar-refractivity contribution in [2.24, 2.45) is 0 Å². The van der Waals surface area contributed by atoms with Gasteiger partial charge < -0.3 is 10.8 Å².